The topological polar surface area (TPSA) is 57.6 Å². The van der Waals surface area contributed by atoms with Gasteiger partial charge in [-0.3, -0.25) is 9.59 Å². The highest BCUT2D eigenvalue weighted by atomic mass is 19.4. The van der Waals surface area contributed by atoms with Crippen molar-refractivity contribution >= 4 is 11.9 Å². The van der Waals surface area contributed by atoms with Crippen LogP contribution in [0, 0.1) is 26.2 Å². The van der Waals surface area contributed by atoms with E-state index in [0.29, 0.717) is 0 Å². The minimum atomic E-state index is -4.89. The van der Waals surface area contributed by atoms with Crippen molar-refractivity contribution in [2.75, 3.05) is 13.1 Å². The van der Waals surface area contributed by atoms with Crippen LogP contribution in [0.25, 0.3) is 0 Å². The predicted molar refractivity (Wildman–Crippen MR) is 81.7 cm³/mol. The van der Waals surface area contributed by atoms with Crippen molar-refractivity contribution in [3.8, 4) is 0 Å². The van der Waals surface area contributed by atoms with Crippen LogP contribution in [-0.4, -0.2) is 41.1 Å². The van der Waals surface area contributed by atoms with Gasteiger partial charge in [0.05, 0.1) is 6.42 Å². The Morgan fingerprint density at radius 2 is 1.75 bits per heavy atom. The monoisotopic (exact) mass is 343 g/mol. The number of rotatable bonds is 3. The van der Waals surface area contributed by atoms with Crippen molar-refractivity contribution in [3.05, 3.63) is 34.4 Å². The highest BCUT2D eigenvalue weighted by Gasteiger charge is 2.64. The number of aryl methyl sites for hydroxylation is 3. The standard InChI is InChI=1S/C17H20F3NO3/c1-10-6-11(2)13(12(3)7-10)8-14(22)21-5-4-16(9-21,15(23)24)17(18,19)20/h6-7H,4-5,8-9H2,1-3H3,(H,23,24). The van der Waals surface area contributed by atoms with Crippen LogP contribution in [0.2, 0.25) is 0 Å². The van der Waals surface area contributed by atoms with Crippen molar-refractivity contribution in [1.82, 2.24) is 4.90 Å². The summed E-state index contributed by atoms with van der Waals surface area (Å²) in [6.45, 7) is 4.60. The quantitative estimate of drug-likeness (QED) is 0.918. The summed E-state index contributed by atoms with van der Waals surface area (Å²) < 4.78 is 39.6. The molecule has 0 radical (unpaired) electrons. The molecule has 0 bridgehead atoms. The number of benzene rings is 1. The first-order valence-electron chi connectivity index (χ1n) is 7.62. The van der Waals surface area contributed by atoms with Crippen molar-refractivity contribution in [2.45, 2.75) is 39.8 Å². The second-order valence-electron chi connectivity index (χ2n) is 6.50. The molecule has 24 heavy (non-hydrogen) atoms. The van der Waals surface area contributed by atoms with Gasteiger partial charge in [0.2, 0.25) is 5.91 Å². The highest BCUT2D eigenvalue weighted by Crippen LogP contribution is 2.45. The first-order valence-corrected chi connectivity index (χ1v) is 7.62. The molecule has 1 fully saturated rings. The second-order valence-corrected chi connectivity index (χ2v) is 6.50. The molecule has 1 aliphatic rings. The number of alkyl halides is 3. The first-order chi connectivity index (χ1) is 11.0. The summed E-state index contributed by atoms with van der Waals surface area (Å²) in [5.74, 6) is -2.40. The van der Waals surface area contributed by atoms with Gasteiger partial charge in [0, 0.05) is 13.1 Å². The van der Waals surface area contributed by atoms with E-state index in [0.717, 1.165) is 27.2 Å². The van der Waals surface area contributed by atoms with Gasteiger partial charge in [0.1, 0.15) is 0 Å². The molecule has 132 valence electrons. The van der Waals surface area contributed by atoms with Gasteiger partial charge in [-0.2, -0.15) is 13.2 Å². The fourth-order valence-corrected chi connectivity index (χ4v) is 3.30. The fourth-order valence-electron chi connectivity index (χ4n) is 3.30. The Hall–Kier alpha value is -2.05. The van der Waals surface area contributed by atoms with Crippen LogP contribution in [0.15, 0.2) is 12.1 Å². The van der Waals surface area contributed by atoms with E-state index in [1.54, 1.807) is 0 Å². The molecule has 1 N–H and O–H groups in total. The number of halogens is 3. The van der Waals surface area contributed by atoms with Crippen LogP contribution in [0.3, 0.4) is 0 Å². The van der Waals surface area contributed by atoms with E-state index in [1.807, 2.05) is 32.9 Å². The highest BCUT2D eigenvalue weighted by molar-refractivity contribution is 5.83. The smallest absolute Gasteiger partial charge is 0.406 e. The summed E-state index contributed by atoms with van der Waals surface area (Å²) in [5, 5.41) is 9.05. The molecule has 2 rings (SSSR count). The molecule has 1 saturated heterocycles. The van der Waals surface area contributed by atoms with Gasteiger partial charge in [-0.25, -0.2) is 0 Å². The predicted octanol–water partition coefficient (Wildman–Crippen LogP) is 3.02. The molecule has 0 aromatic heterocycles. The van der Waals surface area contributed by atoms with E-state index < -0.39 is 36.4 Å². The lowest BCUT2D eigenvalue weighted by Gasteiger charge is -2.27. The molecular weight excluding hydrogens is 323 g/mol. The average molecular weight is 343 g/mol. The minimum absolute atomic E-state index is 0.0223. The Balaban J connectivity index is 2.20. The van der Waals surface area contributed by atoms with Crippen LogP contribution < -0.4 is 0 Å². The molecular formula is C17H20F3NO3. The molecule has 1 amide bonds. The number of nitrogens with zero attached hydrogens (tertiary/aromatic N) is 1. The van der Waals surface area contributed by atoms with E-state index in [1.165, 1.54) is 0 Å². The molecule has 4 nitrogen and oxygen atoms in total. The normalized spacial score (nSPS) is 21.2. The molecule has 1 unspecified atom stereocenters. The summed E-state index contributed by atoms with van der Waals surface area (Å²) >= 11 is 0. The third-order valence-electron chi connectivity index (χ3n) is 4.74. The van der Waals surface area contributed by atoms with Crippen molar-refractivity contribution in [2.24, 2.45) is 5.41 Å². The van der Waals surface area contributed by atoms with Crippen LogP contribution in [0.1, 0.15) is 28.7 Å². The Morgan fingerprint density at radius 1 is 1.21 bits per heavy atom. The van der Waals surface area contributed by atoms with Crippen LogP contribution in [-0.2, 0) is 16.0 Å². The number of carboxylic acids is 1. The summed E-state index contributed by atoms with van der Waals surface area (Å²) in [4.78, 5) is 24.6. The van der Waals surface area contributed by atoms with Gasteiger partial charge in [0.25, 0.3) is 0 Å². The third kappa shape index (κ3) is 3.12. The van der Waals surface area contributed by atoms with E-state index in [2.05, 4.69) is 0 Å². The number of likely N-dealkylation sites (tertiary alicyclic amines) is 1. The Bertz CT molecular complexity index is 661. The maximum atomic E-state index is 13.2. The molecule has 0 saturated carbocycles. The number of hydrogen-bond donors (Lipinski definition) is 1. The van der Waals surface area contributed by atoms with E-state index >= 15 is 0 Å². The number of aliphatic carboxylic acids is 1. The number of carbonyl (C=O) groups is 2. The number of carbonyl (C=O) groups excluding carboxylic acids is 1. The lowest BCUT2D eigenvalue weighted by molar-refractivity contribution is -0.227. The van der Waals surface area contributed by atoms with Crippen LogP contribution in [0.5, 0.6) is 0 Å². The number of carboxylic acid groups (broad SMARTS) is 1. The summed E-state index contributed by atoms with van der Waals surface area (Å²) in [6, 6.07) is 3.83. The van der Waals surface area contributed by atoms with Crippen molar-refractivity contribution < 1.29 is 27.9 Å². The van der Waals surface area contributed by atoms with Gasteiger partial charge in [-0.1, -0.05) is 17.7 Å². The van der Waals surface area contributed by atoms with Gasteiger partial charge in [-0.05, 0) is 43.9 Å². The zero-order valence-corrected chi connectivity index (χ0v) is 13.8. The maximum Gasteiger partial charge on any atom is 0.406 e. The molecule has 0 spiro atoms. The van der Waals surface area contributed by atoms with Gasteiger partial charge in [0.15, 0.2) is 5.41 Å². The zero-order valence-electron chi connectivity index (χ0n) is 13.8. The lowest BCUT2D eigenvalue weighted by Crippen LogP contribution is -2.47. The zero-order chi connectivity index (χ0) is 18.3. The largest absolute Gasteiger partial charge is 0.481 e. The number of amides is 1. The summed E-state index contributed by atoms with van der Waals surface area (Å²) in [6.07, 6.45) is -5.52. The van der Waals surface area contributed by atoms with E-state index in [9.17, 15) is 22.8 Å². The van der Waals surface area contributed by atoms with Crippen molar-refractivity contribution in [1.29, 1.82) is 0 Å². The molecule has 1 heterocycles. The van der Waals surface area contributed by atoms with Crippen molar-refractivity contribution in [3.63, 3.8) is 0 Å². The first kappa shape index (κ1) is 18.3. The Labute approximate surface area is 138 Å². The minimum Gasteiger partial charge on any atom is -0.481 e. The van der Waals surface area contributed by atoms with Gasteiger partial charge in [-0.15, -0.1) is 0 Å². The average Bonchev–Trinajstić information content (AvgIpc) is 2.88. The SMILES string of the molecule is Cc1cc(C)c(CC(=O)N2CCC(C(=O)O)(C(F)(F)F)C2)c(C)c1. The number of hydrogen-bond acceptors (Lipinski definition) is 2. The second kappa shape index (κ2) is 6.11. The molecule has 1 atom stereocenters. The summed E-state index contributed by atoms with van der Waals surface area (Å²) in [5.41, 5.74) is 0.774. The molecule has 0 aliphatic carbocycles. The van der Waals surface area contributed by atoms with Crippen LogP contribution in [0.4, 0.5) is 13.2 Å². The Kier molecular flexibility index (Phi) is 4.65. The molecule has 1 aromatic rings. The summed E-state index contributed by atoms with van der Waals surface area (Å²) in [7, 11) is 0. The van der Waals surface area contributed by atoms with Crippen LogP contribution >= 0.6 is 0 Å². The molecule has 1 aliphatic heterocycles. The molecule has 7 heteroatoms. The van der Waals surface area contributed by atoms with E-state index in [4.69, 9.17) is 5.11 Å². The van der Waals surface area contributed by atoms with E-state index in [-0.39, 0.29) is 13.0 Å². The lowest BCUT2D eigenvalue weighted by atomic mass is 9.86. The maximum absolute atomic E-state index is 13.2. The third-order valence-corrected chi connectivity index (χ3v) is 4.74. The molecule has 1 aromatic carbocycles. The van der Waals surface area contributed by atoms with Gasteiger partial charge >= 0.3 is 12.1 Å². The fraction of sp³-hybridized carbons (Fsp3) is 0.529. The van der Waals surface area contributed by atoms with Gasteiger partial charge < -0.3 is 10.0 Å². The Morgan fingerprint density at radius 3 is 2.17 bits per heavy atom.